The van der Waals surface area contributed by atoms with Crippen molar-refractivity contribution in [2.24, 2.45) is 17.3 Å². The van der Waals surface area contributed by atoms with Crippen LogP contribution in [0.2, 0.25) is 0 Å². The third-order valence-electron chi connectivity index (χ3n) is 4.80. The molecule has 1 unspecified atom stereocenters. The Morgan fingerprint density at radius 3 is 2.07 bits per heavy atom. The molecule has 0 aromatic heterocycles. The molecule has 15 heavy (non-hydrogen) atoms. The molecule has 1 nitrogen and oxygen atoms in total. The molecule has 0 radical (unpaired) electrons. The maximum Gasteiger partial charge on any atom is 0.0681 e. The van der Waals surface area contributed by atoms with Gasteiger partial charge in [0.15, 0.2) is 0 Å². The highest BCUT2D eigenvalue weighted by atomic mass is 16.3. The zero-order chi connectivity index (χ0) is 11.1. The Labute approximate surface area is 94.3 Å². The van der Waals surface area contributed by atoms with Gasteiger partial charge in [0, 0.05) is 0 Å². The molecule has 0 spiro atoms. The van der Waals surface area contributed by atoms with Crippen molar-refractivity contribution in [3.63, 3.8) is 0 Å². The van der Waals surface area contributed by atoms with E-state index in [-0.39, 0.29) is 5.60 Å². The molecule has 1 heteroatoms. The van der Waals surface area contributed by atoms with E-state index >= 15 is 0 Å². The Morgan fingerprint density at radius 2 is 1.60 bits per heavy atom. The van der Waals surface area contributed by atoms with Gasteiger partial charge in [-0.15, -0.1) is 0 Å². The topological polar surface area (TPSA) is 20.2 Å². The van der Waals surface area contributed by atoms with Crippen LogP contribution in [0, 0.1) is 17.3 Å². The first-order chi connectivity index (χ1) is 6.91. The first-order valence-corrected chi connectivity index (χ1v) is 6.64. The fraction of sp³-hybridized carbons (Fsp3) is 1.00. The highest BCUT2D eigenvalue weighted by molar-refractivity contribution is 4.98. The predicted molar refractivity (Wildman–Crippen MR) is 63.7 cm³/mol. The Bertz CT molecular complexity index is 225. The average molecular weight is 210 g/mol. The molecule has 1 N–H and O–H groups in total. The minimum atomic E-state index is -0.316. The fourth-order valence-corrected chi connectivity index (χ4v) is 3.71. The Kier molecular flexibility index (Phi) is 2.87. The van der Waals surface area contributed by atoms with Crippen molar-refractivity contribution in [3.05, 3.63) is 0 Å². The van der Waals surface area contributed by atoms with Gasteiger partial charge in [-0.2, -0.15) is 0 Å². The summed E-state index contributed by atoms with van der Waals surface area (Å²) in [7, 11) is 0. The van der Waals surface area contributed by atoms with E-state index in [1.165, 1.54) is 32.1 Å². The third-order valence-corrected chi connectivity index (χ3v) is 4.80. The summed E-state index contributed by atoms with van der Waals surface area (Å²) in [6, 6.07) is 0. The molecule has 2 saturated carbocycles. The van der Waals surface area contributed by atoms with Gasteiger partial charge in [-0.1, -0.05) is 33.6 Å². The van der Waals surface area contributed by atoms with Crippen LogP contribution in [-0.4, -0.2) is 10.7 Å². The van der Waals surface area contributed by atoms with Gasteiger partial charge >= 0.3 is 0 Å². The van der Waals surface area contributed by atoms with Gasteiger partial charge in [0.2, 0.25) is 0 Å². The van der Waals surface area contributed by atoms with Gasteiger partial charge in [-0.3, -0.25) is 0 Å². The van der Waals surface area contributed by atoms with Crippen LogP contribution in [0.15, 0.2) is 0 Å². The first kappa shape index (κ1) is 11.4. The van der Waals surface area contributed by atoms with Gasteiger partial charge in [0.1, 0.15) is 0 Å². The SMILES string of the molecule is CC1CCC(C2(O)CCC(C)(C)C2)CC1. The lowest BCUT2D eigenvalue weighted by molar-refractivity contribution is -0.0385. The number of hydrogen-bond acceptors (Lipinski definition) is 1. The Balaban J connectivity index is 1.98. The average Bonchev–Trinajstić information content (AvgIpc) is 2.43. The Hall–Kier alpha value is -0.0400. The lowest BCUT2D eigenvalue weighted by atomic mass is 9.72. The summed E-state index contributed by atoms with van der Waals surface area (Å²) >= 11 is 0. The summed E-state index contributed by atoms with van der Waals surface area (Å²) in [5.74, 6) is 1.48. The fourth-order valence-electron chi connectivity index (χ4n) is 3.71. The normalized spacial score (nSPS) is 45.6. The second-order valence-electron chi connectivity index (χ2n) is 6.90. The van der Waals surface area contributed by atoms with Crippen molar-refractivity contribution >= 4 is 0 Å². The van der Waals surface area contributed by atoms with Gasteiger partial charge in [-0.05, 0) is 49.4 Å². The minimum absolute atomic E-state index is 0.316. The van der Waals surface area contributed by atoms with Gasteiger partial charge in [-0.25, -0.2) is 0 Å². The van der Waals surface area contributed by atoms with E-state index in [1.54, 1.807) is 0 Å². The zero-order valence-corrected chi connectivity index (χ0v) is 10.6. The molecule has 2 aliphatic carbocycles. The van der Waals surface area contributed by atoms with E-state index < -0.39 is 0 Å². The standard InChI is InChI=1S/C14H26O/c1-11-4-6-12(7-5-11)14(15)9-8-13(2,3)10-14/h11-12,15H,4-10H2,1-3H3. The molecule has 2 fully saturated rings. The summed E-state index contributed by atoms with van der Waals surface area (Å²) in [4.78, 5) is 0. The van der Waals surface area contributed by atoms with E-state index in [0.717, 1.165) is 18.8 Å². The largest absolute Gasteiger partial charge is 0.390 e. The molecule has 0 heterocycles. The molecule has 2 aliphatic rings. The molecule has 1 atom stereocenters. The monoisotopic (exact) mass is 210 g/mol. The van der Waals surface area contributed by atoms with Crippen LogP contribution >= 0.6 is 0 Å². The highest BCUT2D eigenvalue weighted by Crippen LogP contribution is 2.50. The van der Waals surface area contributed by atoms with E-state index in [1.807, 2.05) is 0 Å². The van der Waals surface area contributed by atoms with Gasteiger partial charge in [0.25, 0.3) is 0 Å². The first-order valence-electron chi connectivity index (χ1n) is 6.64. The maximum absolute atomic E-state index is 10.7. The third kappa shape index (κ3) is 2.38. The van der Waals surface area contributed by atoms with Crippen LogP contribution in [0.4, 0.5) is 0 Å². The summed E-state index contributed by atoms with van der Waals surface area (Å²) in [5, 5.41) is 10.7. The molecule has 0 aromatic rings. The summed E-state index contributed by atoms with van der Waals surface area (Å²) in [5.41, 5.74) is 0.0570. The van der Waals surface area contributed by atoms with Crippen molar-refractivity contribution in [1.29, 1.82) is 0 Å². The predicted octanol–water partition coefficient (Wildman–Crippen LogP) is 3.75. The summed E-state index contributed by atoms with van der Waals surface area (Å²) < 4.78 is 0. The highest BCUT2D eigenvalue weighted by Gasteiger charge is 2.47. The van der Waals surface area contributed by atoms with Crippen molar-refractivity contribution in [2.45, 2.75) is 71.3 Å². The molecular formula is C14H26O. The molecule has 0 aliphatic heterocycles. The van der Waals surface area contributed by atoms with Crippen LogP contribution in [0.5, 0.6) is 0 Å². The lowest BCUT2D eigenvalue weighted by Crippen LogP contribution is -2.38. The van der Waals surface area contributed by atoms with Crippen LogP contribution in [0.3, 0.4) is 0 Å². The second-order valence-corrected chi connectivity index (χ2v) is 6.90. The van der Waals surface area contributed by atoms with Crippen molar-refractivity contribution in [2.75, 3.05) is 0 Å². The van der Waals surface area contributed by atoms with Crippen molar-refractivity contribution in [1.82, 2.24) is 0 Å². The Morgan fingerprint density at radius 1 is 1.00 bits per heavy atom. The molecule has 2 rings (SSSR count). The molecule has 0 bridgehead atoms. The molecule has 88 valence electrons. The summed E-state index contributed by atoms with van der Waals surface area (Å²) in [6.45, 7) is 6.95. The lowest BCUT2D eigenvalue weighted by Gasteiger charge is -2.38. The van der Waals surface area contributed by atoms with Gasteiger partial charge in [0.05, 0.1) is 5.60 Å². The van der Waals surface area contributed by atoms with Crippen molar-refractivity contribution in [3.8, 4) is 0 Å². The van der Waals surface area contributed by atoms with Crippen LogP contribution in [-0.2, 0) is 0 Å². The van der Waals surface area contributed by atoms with E-state index in [2.05, 4.69) is 20.8 Å². The van der Waals surface area contributed by atoms with Crippen LogP contribution in [0.25, 0.3) is 0 Å². The van der Waals surface area contributed by atoms with Gasteiger partial charge < -0.3 is 5.11 Å². The zero-order valence-electron chi connectivity index (χ0n) is 10.6. The van der Waals surface area contributed by atoms with E-state index in [4.69, 9.17) is 0 Å². The van der Waals surface area contributed by atoms with Crippen LogP contribution < -0.4 is 0 Å². The van der Waals surface area contributed by atoms with Crippen molar-refractivity contribution < 1.29 is 5.11 Å². The summed E-state index contributed by atoms with van der Waals surface area (Å²) in [6.07, 6.45) is 8.44. The maximum atomic E-state index is 10.7. The smallest absolute Gasteiger partial charge is 0.0681 e. The number of hydrogen-bond donors (Lipinski definition) is 1. The second kappa shape index (κ2) is 3.76. The molecular weight excluding hydrogens is 184 g/mol. The van der Waals surface area contributed by atoms with E-state index in [9.17, 15) is 5.11 Å². The minimum Gasteiger partial charge on any atom is -0.390 e. The van der Waals surface area contributed by atoms with E-state index in [0.29, 0.717) is 11.3 Å². The number of rotatable bonds is 1. The van der Waals surface area contributed by atoms with Crippen LogP contribution in [0.1, 0.15) is 65.7 Å². The molecule has 0 amide bonds. The quantitative estimate of drug-likeness (QED) is 0.699. The molecule has 0 aromatic carbocycles. The number of aliphatic hydroxyl groups is 1. The molecule has 0 saturated heterocycles.